The smallest absolute Gasteiger partial charge is 0.306 e. The van der Waals surface area contributed by atoms with Gasteiger partial charge in [0.2, 0.25) is 0 Å². The average molecular weight is 791 g/mol. The first-order chi connectivity index (χ1) is 28.0. The third-order valence-corrected chi connectivity index (χ3v) is 9.21. The van der Waals surface area contributed by atoms with E-state index in [4.69, 9.17) is 14.2 Å². The number of rotatable bonds is 39. The highest BCUT2D eigenvalue weighted by Crippen LogP contribution is 2.14. The highest BCUT2D eigenvalue weighted by Gasteiger charge is 2.19. The van der Waals surface area contributed by atoms with E-state index in [1.807, 2.05) is 54.7 Å². The lowest BCUT2D eigenvalue weighted by Gasteiger charge is -2.18. The predicted molar refractivity (Wildman–Crippen MR) is 242 cm³/mol. The second-order valence-corrected chi connectivity index (χ2v) is 14.7. The van der Waals surface area contributed by atoms with Crippen LogP contribution < -0.4 is 0 Å². The molecule has 6 heteroatoms. The second kappa shape index (κ2) is 45.0. The first-order valence-corrected chi connectivity index (χ1v) is 22.8. The van der Waals surface area contributed by atoms with Crippen LogP contribution in [0.2, 0.25) is 0 Å². The molecule has 0 aliphatic rings. The highest BCUT2D eigenvalue weighted by molar-refractivity contribution is 5.71. The Kier molecular flexibility index (Phi) is 42.1. The molecule has 0 bridgehead atoms. The Labute approximate surface area is 349 Å². The Morgan fingerprint density at radius 3 is 1.28 bits per heavy atom. The van der Waals surface area contributed by atoms with E-state index in [0.29, 0.717) is 19.3 Å². The second-order valence-electron chi connectivity index (χ2n) is 14.7. The lowest BCUT2D eigenvalue weighted by molar-refractivity contribution is -0.167. The Hall–Kier alpha value is -3.67. The molecule has 0 saturated carbocycles. The van der Waals surface area contributed by atoms with Crippen molar-refractivity contribution in [1.82, 2.24) is 0 Å². The molecule has 1 atom stereocenters. The van der Waals surface area contributed by atoms with E-state index in [0.717, 1.165) is 57.8 Å². The topological polar surface area (TPSA) is 78.9 Å². The lowest BCUT2D eigenvalue weighted by atomic mass is 10.0. The van der Waals surface area contributed by atoms with E-state index in [9.17, 15) is 14.4 Å². The molecule has 0 saturated heterocycles. The van der Waals surface area contributed by atoms with E-state index in [1.54, 1.807) is 0 Å². The summed E-state index contributed by atoms with van der Waals surface area (Å²) in [6.07, 6.45) is 58.4. The summed E-state index contributed by atoms with van der Waals surface area (Å²) >= 11 is 0. The SMILES string of the molecule is CC\C=C/C=C\C=C/C=C\C=C/CCCC(=O)OC(COC(=O)CCC/C=C\C/C=C\C/C=C\CC)COC(=O)CCCCCCCCCCCCCCCCC. The van der Waals surface area contributed by atoms with Gasteiger partial charge in [0.1, 0.15) is 13.2 Å². The van der Waals surface area contributed by atoms with Gasteiger partial charge in [0.05, 0.1) is 0 Å². The number of hydrogen-bond acceptors (Lipinski definition) is 6. The van der Waals surface area contributed by atoms with Gasteiger partial charge in [-0.3, -0.25) is 14.4 Å². The molecule has 1 unspecified atom stereocenters. The largest absolute Gasteiger partial charge is 0.462 e. The first-order valence-electron chi connectivity index (χ1n) is 22.8. The Bertz CT molecular complexity index is 1180. The zero-order valence-electron chi connectivity index (χ0n) is 36.6. The Balaban J connectivity index is 4.53. The maximum Gasteiger partial charge on any atom is 0.306 e. The summed E-state index contributed by atoms with van der Waals surface area (Å²) < 4.78 is 16.6. The van der Waals surface area contributed by atoms with Crippen LogP contribution in [-0.4, -0.2) is 37.2 Å². The van der Waals surface area contributed by atoms with Crippen molar-refractivity contribution in [1.29, 1.82) is 0 Å². The Morgan fingerprint density at radius 2 is 0.772 bits per heavy atom. The van der Waals surface area contributed by atoms with Crippen LogP contribution in [0.5, 0.6) is 0 Å². The summed E-state index contributed by atoms with van der Waals surface area (Å²) in [5.41, 5.74) is 0. The number of unbranched alkanes of at least 4 members (excludes halogenated alkanes) is 16. The number of ether oxygens (including phenoxy) is 3. The van der Waals surface area contributed by atoms with Crippen molar-refractivity contribution < 1.29 is 28.6 Å². The van der Waals surface area contributed by atoms with Gasteiger partial charge in [0.15, 0.2) is 6.10 Å². The molecule has 0 aromatic carbocycles. The number of carbonyl (C=O) groups excluding carboxylic acids is 3. The maximum absolute atomic E-state index is 12.7. The third-order valence-electron chi connectivity index (χ3n) is 9.21. The van der Waals surface area contributed by atoms with Crippen LogP contribution in [0, 0.1) is 0 Å². The van der Waals surface area contributed by atoms with Gasteiger partial charge in [0.25, 0.3) is 0 Å². The standard InChI is InChI=1S/C51H82O6/c1-4-7-10-13-16-19-22-24-25-27-29-32-35-38-41-44-50(53)56-47-48(46-55-49(52)43-40-37-34-31-28-21-18-15-12-9-6-3)57-51(54)45-42-39-36-33-30-26-23-20-17-14-11-8-5-2/h8-9,11-12,14,17-18,20-21,23,26,30-31,33-34,36,48H,4-7,10,13,15-16,19,22,24-25,27-29,32,35,37-47H2,1-3H3/b11-8-,12-9-,17-14-,21-18-,23-20-,30-26-,34-31-,36-33-. The monoisotopic (exact) mass is 791 g/mol. The number of esters is 3. The van der Waals surface area contributed by atoms with Crippen molar-refractivity contribution in [3.05, 3.63) is 97.2 Å². The molecule has 6 nitrogen and oxygen atoms in total. The summed E-state index contributed by atoms with van der Waals surface area (Å²) in [5.74, 6) is -1.06. The van der Waals surface area contributed by atoms with E-state index in [-0.39, 0.29) is 38.0 Å². The molecule has 0 aromatic rings. The molecule has 0 aliphatic heterocycles. The van der Waals surface area contributed by atoms with Gasteiger partial charge in [-0.05, 0) is 57.8 Å². The minimum Gasteiger partial charge on any atom is -0.462 e. The van der Waals surface area contributed by atoms with Gasteiger partial charge in [-0.2, -0.15) is 0 Å². The van der Waals surface area contributed by atoms with Crippen LogP contribution in [0.1, 0.15) is 188 Å². The van der Waals surface area contributed by atoms with Crippen molar-refractivity contribution in [3.8, 4) is 0 Å². The van der Waals surface area contributed by atoms with Gasteiger partial charge in [-0.25, -0.2) is 0 Å². The molecule has 57 heavy (non-hydrogen) atoms. The quantitative estimate of drug-likeness (QED) is 0.0203. The molecule has 322 valence electrons. The van der Waals surface area contributed by atoms with Crippen molar-refractivity contribution in [3.63, 3.8) is 0 Å². The minimum absolute atomic E-state index is 0.122. The van der Waals surface area contributed by atoms with E-state index >= 15 is 0 Å². The van der Waals surface area contributed by atoms with Crippen LogP contribution in [0.25, 0.3) is 0 Å². The number of carbonyl (C=O) groups is 3. The molecule has 0 amide bonds. The summed E-state index contributed by atoms with van der Waals surface area (Å²) in [7, 11) is 0. The molecule has 0 N–H and O–H groups in total. The van der Waals surface area contributed by atoms with Crippen molar-refractivity contribution >= 4 is 17.9 Å². The van der Waals surface area contributed by atoms with Gasteiger partial charge in [-0.1, -0.05) is 208 Å². The predicted octanol–water partition coefficient (Wildman–Crippen LogP) is 14.6. The average Bonchev–Trinajstić information content (AvgIpc) is 3.21. The van der Waals surface area contributed by atoms with E-state index in [2.05, 4.69) is 63.3 Å². The fourth-order valence-corrected chi connectivity index (χ4v) is 5.85. The summed E-state index contributed by atoms with van der Waals surface area (Å²) in [6, 6.07) is 0. The van der Waals surface area contributed by atoms with Gasteiger partial charge in [0, 0.05) is 19.3 Å². The summed E-state index contributed by atoms with van der Waals surface area (Å²) in [5, 5.41) is 0. The maximum atomic E-state index is 12.7. The molecule has 0 fully saturated rings. The fraction of sp³-hybridized carbons (Fsp3) is 0.627. The molecular weight excluding hydrogens is 709 g/mol. The molecular formula is C51H82O6. The molecule has 0 radical (unpaired) electrons. The number of allylic oxidation sites excluding steroid dienone is 16. The third kappa shape index (κ3) is 43.3. The minimum atomic E-state index is -0.831. The van der Waals surface area contributed by atoms with Crippen LogP contribution in [0.15, 0.2) is 97.2 Å². The van der Waals surface area contributed by atoms with E-state index in [1.165, 1.54) is 77.0 Å². The highest BCUT2D eigenvalue weighted by atomic mass is 16.6. The fourth-order valence-electron chi connectivity index (χ4n) is 5.85. The first kappa shape index (κ1) is 53.3. The normalized spacial score (nSPS) is 13.0. The zero-order valence-corrected chi connectivity index (χ0v) is 36.6. The van der Waals surface area contributed by atoms with Gasteiger partial charge >= 0.3 is 17.9 Å². The molecule has 0 aromatic heterocycles. The van der Waals surface area contributed by atoms with Crippen LogP contribution in [0.3, 0.4) is 0 Å². The lowest BCUT2D eigenvalue weighted by Crippen LogP contribution is -2.30. The van der Waals surface area contributed by atoms with Crippen LogP contribution in [-0.2, 0) is 28.6 Å². The van der Waals surface area contributed by atoms with Crippen molar-refractivity contribution in [2.45, 2.75) is 194 Å². The molecule has 0 rings (SSSR count). The van der Waals surface area contributed by atoms with Crippen molar-refractivity contribution in [2.75, 3.05) is 13.2 Å². The molecule has 0 aliphatic carbocycles. The van der Waals surface area contributed by atoms with Gasteiger partial charge in [-0.15, -0.1) is 0 Å². The molecule has 0 spiro atoms. The zero-order chi connectivity index (χ0) is 41.5. The molecule has 0 heterocycles. The van der Waals surface area contributed by atoms with Crippen molar-refractivity contribution in [2.24, 2.45) is 0 Å². The summed E-state index contributed by atoms with van der Waals surface area (Å²) in [4.78, 5) is 37.7. The summed E-state index contributed by atoms with van der Waals surface area (Å²) in [6.45, 7) is 6.24. The van der Waals surface area contributed by atoms with Gasteiger partial charge < -0.3 is 14.2 Å². The number of hydrogen-bond donors (Lipinski definition) is 0. The van der Waals surface area contributed by atoms with Crippen LogP contribution >= 0.6 is 0 Å². The Morgan fingerprint density at radius 1 is 0.386 bits per heavy atom. The van der Waals surface area contributed by atoms with E-state index < -0.39 is 12.1 Å². The van der Waals surface area contributed by atoms with Crippen LogP contribution in [0.4, 0.5) is 0 Å².